The van der Waals surface area contributed by atoms with Crippen LogP contribution in [0.1, 0.15) is 38.3 Å². The standard InChI is InChI=1S/C16H28N2/c1-5-9-18(13-16(3,4)12-17)11-15-8-6-7-14(2)10-15/h6-8,10H,5,9,11-13,17H2,1-4H3. The van der Waals surface area contributed by atoms with E-state index in [1.807, 2.05) is 0 Å². The smallest absolute Gasteiger partial charge is 0.0234 e. The highest BCUT2D eigenvalue weighted by molar-refractivity contribution is 5.22. The van der Waals surface area contributed by atoms with Crippen LogP contribution >= 0.6 is 0 Å². The van der Waals surface area contributed by atoms with Crippen LogP contribution in [-0.2, 0) is 6.54 Å². The number of benzene rings is 1. The molecule has 1 aromatic carbocycles. The van der Waals surface area contributed by atoms with E-state index in [-0.39, 0.29) is 5.41 Å². The molecule has 2 heteroatoms. The molecule has 0 saturated carbocycles. The number of hydrogen-bond acceptors (Lipinski definition) is 2. The topological polar surface area (TPSA) is 29.3 Å². The first-order valence-electron chi connectivity index (χ1n) is 6.95. The van der Waals surface area contributed by atoms with Crippen LogP contribution in [-0.4, -0.2) is 24.5 Å². The van der Waals surface area contributed by atoms with Gasteiger partial charge in [0.1, 0.15) is 0 Å². The van der Waals surface area contributed by atoms with E-state index in [1.165, 1.54) is 17.5 Å². The summed E-state index contributed by atoms with van der Waals surface area (Å²) in [4.78, 5) is 2.52. The highest BCUT2D eigenvalue weighted by atomic mass is 15.1. The lowest BCUT2D eigenvalue weighted by Gasteiger charge is -2.31. The zero-order valence-electron chi connectivity index (χ0n) is 12.4. The van der Waals surface area contributed by atoms with Crippen LogP contribution in [0.5, 0.6) is 0 Å². The first kappa shape index (κ1) is 15.2. The maximum atomic E-state index is 5.84. The molecule has 18 heavy (non-hydrogen) atoms. The fourth-order valence-electron chi connectivity index (χ4n) is 2.27. The fourth-order valence-corrected chi connectivity index (χ4v) is 2.27. The molecule has 0 aromatic heterocycles. The molecule has 0 unspecified atom stereocenters. The quantitative estimate of drug-likeness (QED) is 0.803. The highest BCUT2D eigenvalue weighted by Gasteiger charge is 2.19. The Morgan fingerprint density at radius 3 is 2.56 bits per heavy atom. The minimum atomic E-state index is 0.193. The van der Waals surface area contributed by atoms with Crippen molar-refractivity contribution in [2.24, 2.45) is 11.1 Å². The van der Waals surface area contributed by atoms with E-state index < -0.39 is 0 Å². The number of nitrogens with two attached hydrogens (primary N) is 1. The lowest BCUT2D eigenvalue weighted by atomic mass is 9.93. The summed E-state index contributed by atoms with van der Waals surface area (Å²) in [6, 6.07) is 8.78. The van der Waals surface area contributed by atoms with Crippen LogP contribution in [0, 0.1) is 12.3 Å². The second kappa shape index (κ2) is 6.91. The van der Waals surface area contributed by atoms with Crippen LogP contribution in [0.3, 0.4) is 0 Å². The Balaban J connectivity index is 2.68. The largest absolute Gasteiger partial charge is 0.330 e. The molecule has 0 radical (unpaired) electrons. The summed E-state index contributed by atoms with van der Waals surface area (Å²) in [5.74, 6) is 0. The molecular weight excluding hydrogens is 220 g/mol. The summed E-state index contributed by atoms with van der Waals surface area (Å²) in [6.07, 6.45) is 1.19. The van der Waals surface area contributed by atoms with Crippen LogP contribution in [0.25, 0.3) is 0 Å². The molecule has 0 aliphatic rings. The lowest BCUT2D eigenvalue weighted by molar-refractivity contribution is 0.176. The van der Waals surface area contributed by atoms with Crippen molar-refractivity contribution < 1.29 is 0 Å². The van der Waals surface area contributed by atoms with Gasteiger partial charge in [-0.05, 0) is 37.4 Å². The summed E-state index contributed by atoms with van der Waals surface area (Å²) in [6.45, 7) is 12.8. The van der Waals surface area contributed by atoms with Gasteiger partial charge in [-0.1, -0.05) is 50.6 Å². The van der Waals surface area contributed by atoms with E-state index >= 15 is 0 Å². The van der Waals surface area contributed by atoms with E-state index in [2.05, 4.69) is 56.9 Å². The summed E-state index contributed by atoms with van der Waals surface area (Å²) < 4.78 is 0. The van der Waals surface area contributed by atoms with Gasteiger partial charge >= 0.3 is 0 Å². The molecule has 0 aliphatic heterocycles. The molecule has 0 aliphatic carbocycles. The third-order valence-electron chi connectivity index (χ3n) is 3.23. The van der Waals surface area contributed by atoms with Crippen molar-refractivity contribution in [2.45, 2.75) is 40.7 Å². The summed E-state index contributed by atoms with van der Waals surface area (Å²) in [5, 5.41) is 0. The normalized spacial score (nSPS) is 12.1. The minimum absolute atomic E-state index is 0.193. The predicted molar refractivity (Wildman–Crippen MR) is 79.6 cm³/mol. The van der Waals surface area contributed by atoms with E-state index in [4.69, 9.17) is 5.73 Å². The third kappa shape index (κ3) is 5.19. The van der Waals surface area contributed by atoms with Gasteiger partial charge in [0.2, 0.25) is 0 Å². The predicted octanol–water partition coefficient (Wildman–Crippen LogP) is 3.19. The molecule has 0 spiro atoms. The highest BCUT2D eigenvalue weighted by Crippen LogP contribution is 2.17. The Bertz CT molecular complexity index is 358. The van der Waals surface area contributed by atoms with Gasteiger partial charge in [0.05, 0.1) is 0 Å². The molecule has 0 saturated heterocycles. The van der Waals surface area contributed by atoms with Crippen molar-refractivity contribution in [3.63, 3.8) is 0 Å². The maximum absolute atomic E-state index is 5.84. The van der Waals surface area contributed by atoms with Crippen LogP contribution < -0.4 is 5.73 Å². The number of hydrogen-bond donors (Lipinski definition) is 1. The molecule has 1 rings (SSSR count). The zero-order valence-corrected chi connectivity index (χ0v) is 12.4. The Morgan fingerprint density at radius 1 is 1.28 bits per heavy atom. The van der Waals surface area contributed by atoms with E-state index in [9.17, 15) is 0 Å². The number of nitrogens with zero attached hydrogens (tertiary/aromatic N) is 1. The first-order chi connectivity index (χ1) is 8.46. The van der Waals surface area contributed by atoms with Crippen LogP contribution in [0.4, 0.5) is 0 Å². The Hall–Kier alpha value is -0.860. The first-order valence-corrected chi connectivity index (χ1v) is 6.95. The van der Waals surface area contributed by atoms with E-state index in [0.717, 1.165) is 26.2 Å². The average Bonchev–Trinajstić information content (AvgIpc) is 2.29. The second-order valence-corrected chi connectivity index (χ2v) is 6.07. The minimum Gasteiger partial charge on any atom is -0.330 e. The Labute approximate surface area is 112 Å². The zero-order chi connectivity index (χ0) is 13.6. The van der Waals surface area contributed by atoms with E-state index in [1.54, 1.807) is 0 Å². The van der Waals surface area contributed by atoms with Gasteiger partial charge < -0.3 is 5.73 Å². The van der Waals surface area contributed by atoms with Crippen molar-refractivity contribution in [3.8, 4) is 0 Å². The Morgan fingerprint density at radius 2 is 2.00 bits per heavy atom. The average molecular weight is 248 g/mol. The van der Waals surface area contributed by atoms with Gasteiger partial charge in [-0.3, -0.25) is 4.90 Å². The molecule has 0 atom stereocenters. The third-order valence-corrected chi connectivity index (χ3v) is 3.23. The monoisotopic (exact) mass is 248 g/mol. The fraction of sp³-hybridized carbons (Fsp3) is 0.625. The lowest BCUT2D eigenvalue weighted by Crippen LogP contribution is -2.38. The van der Waals surface area contributed by atoms with E-state index in [0.29, 0.717) is 0 Å². The number of aryl methyl sites for hydroxylation is 1. The maximum Gasteiger partial charge on any atom is 0.0234 e. The van der Waals surface area contributed by atoms with Crippen molar-refractivity contribution in [1.82, 2.24) is 4.90 Å². The molecule has 2 nitrogen and oxygen atoms in total. The van der Waals surface area contributed by atoms with Crippen molar-refractivity contribution >= 4 is 0 Å². The summed E-state index contributed by atoms with van der Waals surface area (Å²) >= 11 is 0. The van der Waals surface area contributed by atoms with Gasteiger partial charge in [0.25, 0.3) is 0 Å². The van der Waals surface area contributed by atoms with Crippen LogP contribution in [0.2, 0.25) is 0 Å². The molecule has 1 aromatic rings. The summed E-state index contributed by atoms with van der Waals surface area (Å²) in [5.41, 5.74) is 8.77. The van der Waals surface area contributed by atoms with Gasteiger partial charge in [0.15, 0.2) is 0 Å². The van der Waals surface area contributed by atoms with Crippen LogP contribution in [0.15, 0.2) is 24.3 Å². The number of rotatable bonds is 7. The molecular formula is C16H28N2. The van der Waals surface area contributed by atoms with Crippen molar-refractivity contribution in [2.75, 3.05) is 19.6 Å². The van der Waals surface area contributed by atoms with Gasteiger partial charge in [0, 0.05) is 13.1 Å². The summed E-state index contributed by atoms with van der Waals surface area (Å²) in [7, 11) is 0. The molecule has 0 heterocycles. The van der Waals surface area contributed by atoms with Gasteiger partial charge in [-0.2, -0.15) is 0 Å². The van der Waals surface area contributed by atoms with Crippen molar-refractivity contribution in [3.05, 3.63) is 35.4 Å². The van der Waals surface area contributed by atoms with Gasteiger partial charge in [-0.15, -0.1) is 0 Å². The molecule has 102 valence electrons. The molecule has 0 amide bonds. The molecule has 2 N–H and O–H groups in total. The van der Waals surface area contributed by atoms with Gasteiger partial charge in [-0.25, -0.2) is 0 Å². The second-order valence-electron chi connectivity index (χ2n) is 6.07. The van der Waals surface area contributed by atoms with Crippen molar-refractivity contribution in [1.29, 1.82) is 0 Å². The molecule has 0 bridgehead atoms. The molecule has 0 fully saturated rings. The SMILES string of the molecule is CCCN(Cc1cccc(C)c1)CC(C)(C)CN. The Kier molecular flexibility index (Phi) is 5.83.